The fourth-order valence-electron chi connectivity index (χ4n) is 3.12. The Hall–Kier alpha value is -3.27. The van der Waals surface area contributed by atoms with Crippen molar-refractivity contribution in [1.29, 1.82) is 0 Å². The number of imide groups is 1. The molecular weight excluding hydrogens is 413 g/mol. The van der Waals surface area contributed by atoms with E-state index in [1.165, 1.54) is 67.4 Å². The summed E-state index contributed by atoms with van der Waals surface area (Å²) in [5, 5.41) is 2.55. The summed E-state index contributed by atoms with van der Waals surface area (Å²) in [7, 11) is -1.92. The number of benzene rings is 2. The molecule has 0 aromatic heterocycles. The molecule has 10 heteroatoms. The first-order valence-electron chi connectivity index (χ1n) is 8.90. The standard InChI is InChI=1S/C20H20FN3O5S/c1-20(13-4-6-14(21)7-5-13)18(26)24(19(27)22-20)12-17(25)23(2)15-8-10-16(11-9-15)30(3,28)29/h4-11H,12H2,1-3H3,(H,22,27). The van der Waals surface area contributed by atoms with E-state index in [1.54, 1.807) is 0 Å². The van der Waals surface area contributed by atoms with E-state index in [0.29, 0.717) is 11.3 Å². The second kappa shape index (κ2) is 7.52. The molecule has 0 aliphatic carbocycles. The van der Waals surface area contributed by atoms with Crippen LogP contribution in [0.2, 0.25) is 0 Å². The van der Waals surface area contributed by atoms with Crippen LogP contribution in [0, 0.1) is 5.82 Å². The van der Waals surface area contributed by atoms with E-state index in [1.807, 2.05) is 0 Å². The SMILES string of the molecule is CN(C(=O)CN1C(=O)NC(C)(c2ccc(F)cc2)C1=O)c1ccc(S(C)(=O)=O)cc1. The van der Waals surface area contributed by atoms with Crippen molar-refractivity contribution >= 4 is 33.4 Å². The van der Waals surface area contributed by atoms with Crippen LogP contribution in [-0.2, 0) is 25.0 Å². The Balaban J connectivity index is 1.77. The number of urea groups is 1. The van der Waals surface area contributed by atoms with Crippen molar-refractivity contribution in [3.63, 3.8) is 0 Å². The molecule has 3 rings (SSSR count). The van der Waals surface area contributed by atoms with E-state index in [-0.39, 0.29) is 4.90 Å². The number of hydrogen-bond acceptors (Lipinski definition) is 5. The molecule has 30 heavy (non-hydrogen) atoms. The van der Waals surface area contributed by atoms with Gasteiger partial charge in [0, 0.05) is 19.0 Å². The third-order valence-corrected chi connectivity index (χ3v) is 6.14. The highest BCUT2D eigenvalue weighted by atomic mass is 32.2. The Morgan fingerprint density at radius 3 is 2.20 bits per heavy atom. The second-order valence-corrected chi connectivity index (χ2v) is 9.19. The summed E-state index contributed by atoms with van der Waals surface area (Å²) in [6, 6.07) is 10.1. The molecule has 2 aromatic carbocycles. The molecule has 4 amide bonds. The number of hydrogen-bond donors (Lipinski definition) is 1. The van der Waals surface area contributed by atoms with Crippen LogP contribution in [0.5, 0.6) is 0 Å². The van der Waals surface area contributed by atoms with E-state index >= 15 is 0 Å². The summed E-state index contributed by atoms with van der Waals surface area (Å²) in [6.45, 7) is 0.977. The lowest BCUT2D eigenvalue weighted by Gasteiger charge is -2.23. The minimum Gasteiger partial charge on any atom is -0.319 e. The Morgan fingerprint density at radius 2 is 1.67 bits per heavy atom. The van der Waals surface area contributed by atoms with Crippen molar-refractivity contribution < 1.29 is 27.2 Å². The van der Waals surface area contributed by atoms with Crippen LogP contribution >= 0.6 is 0 Å². The van der Waals surface area contributed by atoms with Gasteiger partial charge in [-0.2, -0.15) is 0 Å². The average molecular weight is 433 g/mol. The smallest absolute Gasteiger partial charge is 0.319 e. The van der Waals surface area contributed by atoms with Gasteiger partial charge in [0.15, 0.2) is 9.84 Å². The number of carbonyl (C=O) groups is 3. The van der Waals surface area contributed by atoms with Gasteiger partial charge in [-0.3, -0.25) is 14.5 Å². The number of likely N-dealkylation sites (N-methyl/N-ethyl adjacent to an activating group) is 1. The molecule has 158 valence electrons. The lowest BCUT2D eigenvalue weighted by molar-refractivity contribution is -0.134. The summed E-state index contributed by atoms with van der Waals surface area (Å²) in [4.78, 5) is 40.0. The van der Waals surface area contributed by atoms with Crippen LogP contribution in [0.25, 0.3) is 0 Å². The first-order valence-corrected chi connectivity index (χ1v) is 10.8. The molecule has 1 fully saturated rings. The molecule has 0 bridgehead atoms. The van der Waals surface area contributed by atoms with Gasteiger partial charge in [0.25, 0.3) is 5.91 Å². The minimum atomic E-state index is -3.37. The number of anilines is 1. The number of carbonyl (C=O) groups excluding carboxylic acids is 3. The van der Waals surface area contributed by atoms with Gasteiger partial charge in [-0.05, 0) is 48.9 Å². The molecule has 1 aliphatic rings. The maximum Gasteiger partial charge on any atom is 0.325 e. The van der Waals surface area contributed by atoms with E-state index in [9.17, 15) is 27.2 Å². The molecule has 1 aliphatic heterocycles. The Bertz CT molecular complexity index is 1120. The van der Waals surface area contributed by atoms with Crippen molar-refractivity contribution in [3.8, 4) is 0 Å². The van der Waals surface area contributed by atoms with Crippen LogP contribution in [0.15, 0.2) is 53.4 Å². The number of amides is 4. The number of rotatable bonds is 5. The van der Waals surface area contributed by atoms with Crippen molar-refractivity contribution in [2.24, 2.45) is 0 Å². The summed E-state index contributed by atoms with van der Waals surface area (Å²) in [5.74, 6) is -1.66. The summed E-state index contributed by atoms with van der Waals surface area (Å²) >= 11 is 0. The average Bonchev–Trinajstić information content (AvgIpc) is 2.91. The topological polar surface area (TPSA) is 104 Å². The summed E-state index contributed by atoms with van der Waals surface area (Å²) in [6.07, 6.45) is 1.08. The molecule has 0 radical (unpaired) electrons. The number of sulfone groups is 1. The van der Waals surface area contributed by atoms with Crippen molar-refractivity contribution in [2.75, 3.05) is 24.7 Å². The lowest BCUT2D eigenvalue weighted by Crippen LogP contribution is -2.43. The zero-order chi connectivity index (χ0) is 22.3. The van der Waals surface area contributed by atoms with Gasteiger partial charge in [0.05, 0.1) is 4.90 Å². The van der Waals surface area contributed by atoms with E-state index in [2.05, 4.69) is 5.32 Å². The maximum absolute atomic E-state index is 13.2. The number of halogens is 1. The van der Waals surface area contributed by atoms with Gasteiger partial charge < -0.3 is 10.2 Å². The first-order chi connectivity index (χ1) is 13.9. The lowest BCUT2D eigenvalue weighted by atomic mass is 9.92. The highest BCUT2D eigenvalue weighted by Crippen LogP contribution is 2.29. The fourth-order valence-corrected chi connectivity index (χ4v) is 3.75. The fraction of sp³-hybridized carbons (Fsp3) is 0.250. The molecule has 1 unspecified atom stereocenters. The largest absolute Gasteiger partial charge is 0.325 e. The highest BCUT2D eigenvalue weighted by molar-refractivity contribution is 7.90. The third-order valence-electron chi connectivity index (χ3n) is 5.02. The number of nitrogens with zero attached hydrogens (tertiary/aromatic N) is 2. The molecule has 2 aromatic rings. The predicted molar refractivity (Wildman–Crippen MR) is 107 cm³/mol. The van der Waals surface area contributed by atoms with Crippen LogP contribution < -0.4 is 10.2 Å². The van der Waals surface area contributed by atoms with E-state index in [4.69, 9.17) is 0 Å². The van der Waals surface area contributed by atoms with Crippen molar-refractivity contribution in [2.45, 2.75) is 17.4 Å². The highest BCUT2D eigenvalue weighted by Gasteiger charge is 2.49. The Labute approximate surface area is 173 Å². The molecular formula is C20H20FN3O5S. The second-order valence-electron chi connectivity index (χ2n) is 7.17. The van der Waals surface area contributed by atoms with E-state index in [0.717, 1.165) is 11.2 Å². The molecule has 1 heterocycles. The van der Waals surface area contributed by atoms with Gasteiger partial charge in [0.1, 0.15) is 17.9 Å². The minimum absolute atomic E-state index is 0.108. The molecule has 8 nitrogen and oxygen atoms in total. The Morgan fingerprint density at radius 1 is 1.10 bits per heavy atom. The normalized spacial score (nSPS) is 19.0. The van der Waals surface area contributed by atoms with Gasteiger partial charge in [-0.25, -0.2) is 17.6 Å². The Kier molecular flexibility index (Phi) is 5.38. The maximum atomic E-state index is 13.2. The van der Waals surface area contributed by atoms with Crippen molar-refractivity contribution in [1.82, 2.24) is 10.2 Å². The molecule has 0 spiro atoms. The quantitative estimate of drug-likeness (QED) is 0.723. The van der Waals surface area contributed by atoms with Crippen LogP contribution in [-0.4, -0.2) is 51.0 Å². The predicted octanol–water partition coefficient (Wildman–Crippen LogP) is 1.66. The van der Waals surface area contributed by atoms with Crippen molar-refractivity contribution in [3.05, 3.63) is 59.9 Å². The van der Waals surface area contributed by atoms with Crippen LogP contribution in [0.4, 0.5) is 14.9 Å². The van der Waals surface area contributed by atoms with Gasteiger partial charge in [-0.15, -0.1) is 0 Å². The zero-order valence-corrected chi connectivity index (χ0v) is 17.4. The monoisotopic (exact) mass is 433 g/mol. The summed E-state index contributed by atoms with van der Waals surface area (Å²) < 4.78 is 36.3. The van der Waals surface area contributed by atoms with Gasteiger partial charge >= 0.3 is 6.03 Å². The summed E-state index contributed by atoms with van der Waals surface area (Å²) in [5.41, 5.74) is -0.622. The van der Waals surface area contributed by atoms with Crippen LogP contribution in [0.3, 0.4) is 0 Å². The van der Waals surface area contributed by atoms with Gasteiger partial charge in [0.2, 0.25) is 5.91 Å². The molecule has 1 atom stereocenters. The third kappa shape index (κ3) is 3.90. The molecule has 1 N–H and O–H groups in total. The van der Waals surface area contributed by atoms with Crippen LogP contribution in [0.1, 0.15) is 12.5 Å². The van der Waals surface area contributed by atoms with E-state index < -0.39 is 45.6 Å². The zero-order valence-electron chi connectivity index (χ0n) is 16.5. The molecule has 1 saturated heterocycles. The number of nitrogens with one attached hydrogen (secondary N) is 1. The molecule has 0 saturated carbocycles. The first kappa shape index (κ1) is 21.4. The van der Waals surface area contributed by atoms with Gasteiger partial charge in [-0.1, -0.05) is 12.1 Å².